The molecule has 0 spiro atoms. The van der Waals surface area contributed by atoms with E-state index in [0.29, 0.717) is 23.7 Å². The van der Waals surface area contributed by atoms with Crippen LogP contribution in [0.15, 0.2) is 66.7 Å². The van der Waals surface area contributed by atoms with E-state index in [4.69, 9.17) is 19.2 Å². The van der Waals surface area contributed by atoms with Crippen LogP contribution in [0.1, 0.15) is 11.4 Å². The second-order valence-corrected chi connectivity index (χ2v) is 7.39. The van der Waals surface area contributed by atoms with Crippen LogP contribution in [0.4, 0.5) is 4.39 Å². The zero-order valence-electron chi connectivity index (χ0n) is 18.0. The van der Waals surface area contributed by atoms with Crippen molar-refractivity contribution < 1.29 is 23.7 Å². The van der Waals surface area contributed by atoms with Crippen molar-refractivity contribution in [2.45, 2.75) is 19.1 Å². The Morgan fingerprint density at radius 2 is 1.62 bits per heavy atom. The molecule has 3 aromatic carbocycles. The molecule has 166 valence electrons. The van der Waals surface area contributed by atoms with Gasteiger partial charge < -0.3 is 23.9 Å². The maximum Gasteiger partial charge on any atom is 0.203 e. The van der Waals surface area contributed by atoms with Crippen LogP contribution in [-0.4, -0.2) is 41.6 Å². The van der Waals surface area contributed by atoms with Crippen LogP contribution in [0, 0.1) is 5.82 Å². The molecule has 0 radical (unpaired) electrons. The molecule has 1 unspecified atom stereocenters. The van der Waals surface area contributed by atoms with Crippen LogP contribution in [0.2, 0.25) is 0 Å². The molecule has 7 heteroatoms. The predicted molar refractivity (Wildman–Crippen MR) is 120 cm³/mol. The minimum Gasteiger partial charge on any atom is -0.493 e. The molecule has 0 saturated carbocycles. The van der Waals surface area contributed by atoms with Crippen LogP contribution < -0.4 is 14.2 Å². The van der Waals surface area contributed by atoms with Gasteiger partial charge in [0.1, 0.15) is 24.4 Å². The molecular formula is C25H25FN2O4. The quantitative estimate of drug-likeness (QED) is 0.426. The van der Waals surface area contributed by atoms with Crippen molar-refractivity contribution in [3.63, 3.8) is 0 Å². The van der Waals surface area contributed by atoms with Crippen molar-refractivity contribution >= 4 is 11.0 Å². The molecule has 1 heterocycles. The summed E-state index contributed by atoms with van der Waals surface area (Å²) >= 11 is 0. The van der Waals surface area contributed by atoms with Gasteiger partial charge in [0, 0.05) is 6.42 Å². The number of hydrogen-bond acceptors (Lipinski definition) is 5. The number of aliphatic hydroxyl groups is 1. The molecule has 1 N–H and O–H groups in total. The SMILES string of the molecule is COc1cccc(OC)c1OCC(O)Cn1c(Cc2ccc(F)cc2)nc2ccccc21. The summed E-state index contributed by atoms with van der Waals surface area (Å²) in [6, 6.07) is 19.5. The number of benzene rings is 3. The number of nitrogens with zero attached hydrogens (tertiary/aromatic N) is 2. The first kappa shape index (κ1) is 21.6. The first-order valence-electron chi connectivity index (χ1n) is 10.3. The Balaban J connectivity index is 1.55. The number of methoxy groups -OCH3 is 2. The Hall–Kier alpha value is -3.58. The summed E-state index contributed by atoms with van der Waals surface area (Å²) in [6.07, 6.45) is -0.294. The third-order valence-corrected chi connectivity index (χ3v) is 5.21. The van der Waals surface area contributed by atoms with Crippen LogP contribution in [0.25, 0.3) is 11.0 Å². The standard InChI is InChI=1S/C25H25FN2O4/c1-30-22-8-5-9-23(31-2)25(22)32-16-19(29)15-28-21-7-4-3-6-20(21)27-24(28)14-17-10-12-18(26)13-11-17/h3-13,19,29H,14-16H2,1-2H3. The number of para-hydroxylation sites is 3. The average Bonchev–Trinajstić information content (AvgIpc) is 3.15. The summed E-state index contributed by atoms with van der Waals surface area (Å²) in [7, 11) is 3.11. The minimum atomic E-state index is -0.811. The topological polar surface area (TPSA) is 65.7 Å². The molecule has 0 bridgehead atoms. The van der Waals surface area contributed by atoms with Crippen molar-refractivity contribution in [1.82, 2.24) is 9.55 Å². The molecule has 1 atom stereocenters. The van der Waals surface area contributed by atoms with Gasteiger partial charge in [0.05, 0.1) is 31.8 Å². The van der Waals surface area contributed by atoms with Gasteiger partial charge in [0.15, 0.2) is 11.5 Å². The molecule has 6 nitrogen and oxygen atoms in total. The van der Waals surface area contributed by atoms with Gasteiger partial charge in [-0.3, -0.25) is 0 Å². The molecule has 0 aliphatic carbocycles. The van der Waals surface area contributed by atoms with Crippen molar-refractivity contribution in [2.24, 2.45) is 0 Å². The highest BCUT2D eigenvalue weighted by Gasteiger charge is 2.17. The van der Waals surface area contributed by atoms with E-state index in [1.807, 2.05) is 28.8 Å². The molecular weight excluding hydrogens is 411 g/mol. The summed E-state index contributed by atoms with van der Waals surface area (Å²) < 4.78 is 31.8. The minimum absolute atomic E-state index is 0.0409. The normalized spacial score (nSPS) is 12.0. The maximum absolute atomic E-state index is 13.3. The molecule has 0 fully saturated rings. The van der Waals surface area contributed by atoms with Crippen LogP contribution >= 0.6 is 0 Å². The molecule has 1 aromatic heterocycles. The van der Waals surface area contributed by atoms with E-state index in [2.05, 4.69) is 0 Å². The number of fused-ring (bicyclic) bond motifs is 1. The summed E-state index contributed by atoms with van der Waals surface area (Å²) in [6.45, 7) is 0.327. The lowest BCUT2D eigenvalue weighted by molar-refractivity contribution is 0.0897. The number of aromatic nitrogens is 2. The number of halogens is 1. The van der Waals surface area contributed by atoms with Gasteiger partial charge in [-0.25, -0.2) is 9.37 Å². The van der Waals surface area contributed by atoms with E-state index in [0.717, 1.165) is 22.4 Å². The van der Waals surface area contributed by atoms with Gasteiger partial charge in [0.25, 0.3) is 0 Å². The smallest absolute Gasteiger partial charge is 0.203 e. The Morgan fingerprint density at radius 3 is 2.31 bits per heavy atom. The molecule has 32 heavy (non-hydrogen) atoms. The van der Waals surface area contributed by atoms with Gasteiger partial charge in [0.2, 0.25) is 5.75 Å². The van der Waals surface area contributed by atoms with E-state index in [9.17, 15) is 9.50 Å². The summed E-state index contributed by atoms with van der Waals surface area (Å²) in [4.78, 5) is 4.73. The third kappa shape index (κ3) is 4.68. The van der Waals surface area contributed by atoms with E-state index < -0.39 is 6.10 Å². The molecule has 0 aliphatic heterocycles. The van der Waals surface area contributed by atoms with Crippen molar-refractivity contribution in [3.05, 3.63) is 83.9 Å². The fraction of sp³-hybridized carbons (Fsp3) is 0.240. The Labute approximate surface area is 185 Å². The van der Waals surface area contributed by atoms with E-state index >= 15 is 0 Å². The highest BCUT2D eigenvalue weighted by atomic mass is 19.1. The number of aliphatic hydroxyl groups excluding tert-OH is 1. The summed E-state index contributed by atoms with van der Waals surface area (Å²) in [5, 5.41) is 10.8. The highest BCUT2D eigenvalue weighted by Crippen LogP contribution is 2.36. The average molecular weight is 436 g/mol. The maximum atomic E-state index is 13.3. The van der Waals surface area contributed by atoms with Crippen molar-refractivity contribution in [1.29, 1.82) is 0 Å². The lowest BCUT2D eigenvalue weighted by atomic mass is 10.1. The van der Waals surface area contributed by atoms with Crippen LogP contribution in [0.3, 0.4) is 0 Å². The molecule has 0 aliphatic rings. The molecule has 4 aromatic rings. The van der Waals surface area contributed by atoms with Crippen molar-refractivity contribution in [2.75, 3.05) is 20.8 Å². The van der Waals surface area contributed by atoms with Crippen LogP contribution in [0.5, 0.6) is 17.2 Å². The van der Waals surface area contributed by atoms with Gasteiger partial charge >= 0.3 is 0 Å². The highest BCUT2D eigenvalue weighted by molar-refractivity contribution is 5.76. The number of ether oxygens (including phenoxy) is 3. The molecule has 0 amide bonds. The zero-order chi connectivity index (χ0) is 22.5. The second-order valence-electron chi connectivity index (χ2n) is 7.39. The van der Waals surface area contributed by atoms with Gasteiger partial charge in [-0.2, -0.15) is 0 Å². The first-order valence-corrected chi connectivity index (χ1v) is 10.3. The molecule has 0 saturated heterocycles. The summed E-state index contributed by atoms with van der Waals surface area (Å²) in [5.74, 6) is 2.01. The van der Waals surface area contributed by atoms with Crippen molar-refractivity contribution in [3.8, 4) is 17.2 Å². The third-order valence-electron chi connectivity index (χ3n) is 5.21. The van der Waals surface area contributed by atoms with E-state index in [1.54, 1.807) is 44.6 Å². The Kier molecular flexibility index (Phi) is 6.56. The predicted octanol–water partition coefficient (Wildman–Crippen LogP) is 4.22. The Bertz CT molecular complexity index is 1170. The van der Waals surface area contributed by atoms with Crippen LogP contribution in [-0.2, 0) is 13.0 Å². The molecule has 4 rings (SSSR count). The number of rotatable bonds is 9. The largest absolute Gasteiger partial charge is 0.493 e. The van der Waals surface area contributed by atoms with E-state index in [1.165, 1.54) is 12.1 Å². The number of imidazole rings is 1. The first-order chi connectivity index (χ1) is 15.6. The lowest BCUT2D eigenvalue weighted by Gasteiger charge is -2.18. The second kappa shape index (κ2) is 9.70. The monoisotopic (exact) mass is 436 g/mol. The van der Waals surface area contributed by atoms with Gasteiger partial charge in [-0.15, -0.1) is 0 Å². The number of hydrogen-bond donors (Lipinski definition) is 1. The fourth-order valence-corrected chi connectivity index (χ4v) is 3.65. The zero-order valence-corrected chi connectivity index (χ0v) is 18.0. The fourth-order valence-electron chi connectivity index (χ4n) is 3.65. The van der Waals surface area contributed by atoms with Gasteiger partial charge in [-0.05, 0) is 42.0 Å². The van der Waals surface area contributed by atoms with Gasteiger partial charge in [-0.1, -0.05) is 30.3 Å². The lowest BCUT2D eigenvalue weighted by Crippen LogP contribution is -2.25. The Morgan fingerprint density at radius 1 is 0.938 bits per heavy atom. The summed E-state index contributed by atoms with van der Waals surface area (Å²) in [5.41, 5.74) is 2.69. The van der Waals surface area contributed by atoms with E-state index in [-0.39, 0.29) is 19.0 Å².